The molecule has 1 unspecified atom stereocenters. The number of carboxylic acids is 1. The van der Waals surface area contributed by atoms with E-state index in [9.17, 15) is 9.90 Å². The third-order valence-corrected chi connectivity index (χ3v) is 5.97. The van der Waals surface area contributed by atoms with Gasteiger partial charge in [0.15, 0.2) is 0 Å². The van der Waals surface area contributed by atoms with E-state index in [1.807, 2.05) is 29.6 Å². The molecule has 0 saturated carbocycles. The smallest absolute Gasteiger partial charge is 0.312 e. The predicted octanol–water partition coefficient (Wildman–Crippen LogP) is 4.68. The van der Waals surface area contributed by atoms with Gasteiger partial charge in [0, 0.05) is 16.4 Å². The Hall–Kier alpha value is -1.56. The molecular formula is C20H24ClNO3S. The van der Waals surface area contributed by atoms with E-state index in [4.69, 9.17) is 16.3 Å². The zero-order valence-corrected chi connectivity index (χ0v) is 16.3. The fourth-order valence-corrected chi connectivity index (χ4v) is 4.35. The van der Waals surface area contributed by atoms with Crippen LogP contribution in [0.3, 0.4) is 0 Å². The lowest BCUT2D eigenvalue weighted by atomic mass is 9.97. The van der Waals surface area contributed by atoms with E-state index in [1.54, 1.807) is 6.07 Å². The van der Waals surface area contributed by atoms with Crippen molar-refractivity contribution in [1.82, 2.24) is 4.90 Å². The molecule has 26 heavy (non-hydrogen) atoms. The first kappa shape index (κ1) is 19.2. The molecular weight excluding hydrogens is 370 g/mol. The zero-order chi connectivity index (χ0) is 18.4. The molecule has 1 N–H and O–H groups in total. The third kappa shape index (κ3) is 5.22. The van der Waals surface area contributed by atoms with Gasteiger partial charge in [0.05, 0.1) is 5.92 Å². The summed E-state index contributed by atoms with van der Waals surface area (Å²) in [6.45, 7) is 3.77. The van der Waals surface area contributed by atoms with Gasteiger partial charge in [-0.2, -0.15) is 0 Å². The van der Waals surface area contributed by atoms with Crippen LogP contribution in [0.15, 0.2) is 35.7 Å². The van der Waals surface area contributed by atoms with Crippen LogP contribution in [0.2, 0.25) is 5.02 Å². The summed E-state index contributed by atoms with van der Waals surface area (Å²) in [5, 5.41) is 12.1. The van der Waals surface area contributed by atoms with Gasteiger partial charge in [0.1, 0.15) is 12.4 Å². The Kier molecular flexibility index (Phi) is 6.94. The van der Waals surface area contributed by atoms with E-state index < -0.39 is 11.9 Å². The number of aliphatic carboxylic acids is 1. The number of benzene rings is 1. The Morgan fingerprint density at radius 3 is 2.77 bits per heavy atom. The summed E-state index contributed by atoms with van der Waals surface area (Å²) in [6, 6.07) is 9.21. The van der Waals surface area contributed by atoms with Gasteiger partial charge in [-0.25, -0.2) is 0 Å². The zero-order valence-electron chi connectivity index (χ0n) is 14.7. The molecule has 1 aromatic carbocycles. The number of carboxylic acid groups (broad SMARTS) is 1. The Morgan fingerprint density at radius 2 is 2.08 bits per heavy atom. The van der Waals surface area contributed by atoms with E-state index in [2.05, 4.69) is 4.90 Å². The number of likely N-dealkylation sites (tertiary alicyclic amines) is 1. The molecule has 0 aliphatic carbocycles. The van der Waals surface area contributed by atoms with E-state index >= 15 is 0 Å². The van der Waals surface area contributed by atoms with Crippen LogP contribution >= 0.6 is 22.9 Å². The molecule has 3 rings (SSSR count). The summed E-state index contributed by atoms with van der Waals surface area (Å²) in [4.78, 5) is 15.0. The van der Waals surface area contributed by atoms with Gasteiger partial charge in [-0.05, 0) is 67.6 Å². The van der Waals surface area contributed by atoms with Crippen LogP contribution in [-0.2, 0) is 11.2 Å². The number of halogens is 1. The minimum Gasteiger partial charge on any atom is -0.492 e. The van der Waals surface area contributed by atoms with Crippen molar-refractivity contribution in [3.05, 3.63) is 51.2 Å². The number of nitrogens with zero attached hydrogens (tertiary/aromatic N) is 1. The topological polar surface area (TPSA) is 49.8 Å². The standard InChI is InChI=1S/C20H24ClNO3S/c21-16-6-7-18(25-11-10-22-8-2-1-3-9-22)15(13-16)14-17(20(23)24)19-5-4-12-26-19/h4-7,12-13,17H,1-3,8-11,14H2,(H,23,24). The fourth-order valence-electron chi connectivity index (χ4n) is 3.34. The Bertz CT molecular complexity index is 714. The van der Waals surface area contributed by atoms with Crippen LogP contribution in [0.5, 0.6) is 5.75 Å². The Balaban J connectivity index is 1.67. The van der Waals surface area contributed by atoms with Gasteiger partial charge in [0.2, 0.25) is 0 Å². The van der Waals surface area contributed by atoms with Gasteiger partial charge in [0.25, 0.3) is 0 Å². The second-order valence-corrected chi connectivity index (χ2v) is 8.03. The lowest BCUT2D eigenvalue weighted by molar-refractivity contribution is -0.138. The van der Waals surface area contributed by atoms with Crippen molar-refractivity contribution >= 4 is 28.9 Å². The average Bonchev–Trinajstić information content (AvgIpc) is 3.16. The van der Waals surface area contributed by atoms with E-state index in [0.29, 0.717) is 18.1 Å². The largest absolute Gasteiger partial charge is 0.492 e. The maximum atomic E-state index is 11.7. The van der Waals surface area contributed by atoms with Crippen molar-refractivity contribution in [2.24, 2.45) is 0 Å². The summed E-state index contributed by atoms with van der Waals surface area (Å²) in [6.07, 6.45) is 4.20. The third-order valence-electron chi connectivity index (χ3n) is 4.75. The molecule has 0 amide bonds. The molecule has 1 fully saturated rings. The van der Waals surface area contributed by atoms with Gasteiger partial charge in [-0.3, -0.25) is 9.69 Å². The Labute approximate surface area is 163 Å². The number of thiophene rings is 1. The normalized spacial score (nSPS) is 16.3. The van der Waals surface area contributed by atoms with Crippen LogP contribution in [-0.4, -0.2) is 42.2 Å². The van der Waals surface area contributed by atoms with Gasteiger partial charge < -0.3 is 9.84 Å². The van der Waals surface area contributed by atoms with Crippen LogP contribution in [0.1, 0.15) is 35.6 Å². The minimum absolute atomic E-state index is 0.370. The molecule has 0 radical (unpaired) electrons. The first-order chi connectivity index (χ1) is 12.6. The lowest BCUT2D eigenvalue weighted by Crippen LogP contribution is -2.33. The average molecular weight is 394 g/mol. The quantitative estimate of drug-likeness (QED) is 0.707. The van der Waals surface area contributed by atoms with Crippen molar-refractivity contribution in [3.63, 3.8) is 0 Å². The summed E-state index contributed by atoms with van der Waals surface area (Å²) in [5.41, 5.74) is 0.844. The van der Waals surface area contributed by atoms with Crippen molar-refractivity contribution in [3.8, 4) is 5.75 Å². The molecule has 0 spiro atoms. The molecule has 4 nitrogen and oxygen atoms in total. The predicted molar refractivity (Wildman–Crippen MR) is 106 cm³/mol. The number of hydrogen-bond acceptors (Lipinski definition) is 4. The van der Waals surface area contributed by atoms with Gasteiger partial charge in [-0.1, -0.05) is 24.1 Å². The maximum absolute atomic E-state index is 11.7. The molecule has 2 heterocycles. The van der Waals surface area contributed by atoms with Crippen molar-refractivity contribution in [2.75, 3.05) is 26.2 Å². The highest BCUT2D eigenvalue weighted by Gasteiger charge is 2.23. The number of carbonyl (C=O) groups is 1. The molecule has 2 aromatic rings. The van der Waals surface area contributed by atoms with Crippen molar-refractivity contribution in [2.45, 2.75) is 31.6 Å². The van der Waals surface area contributed by atoms with E-state index in [0.717, 1.165) is 35.8 Å². The van der Waals surface area contributed by atoms with Crippen molar-refractivity contribution in [1.29, 1.82) is 0 Å². The highest BCUT2D eigenvalue weighted by Crippen LogP contribution is 2.31. The summed E-state index contributed by atoms with van der Waals surface area (Å²) in [5.74, 6) is -0.682. The Morgan fingerprint density at radius 1 is 1.27 bits per heavy atom. The first-order valence-corrected chi connectivity index (χ1v) is 10.3. The molecule has 1 aliphatic heterocycles. The van der Waals surface area contributed by atoms with Crippen molar-refractivity contribution < 1.29 is 14.6 Å². The number of hydrogen-bond donors (Lipinski definition) is 1. The summed E-state index contributed by atoms with van der Waals surface area (Å²) >= 11 is 7.62. The maximum Gasteiger partial charge on any atom is 0.312 e. The van der Waals surface area contributed by atoms with Crippen LogP contribution in [0, 0.1) is 0 Å². The lowest BCUT2D eigenvalue weighted by Gasteiger charge is -2.26. The monoisotopic (exact) mass is 393 g/mol. The highest BCUT2D eigenvalue weighted by atomic mass is 35.5. The van der Waals surface area contributed by atoms with Crippen LogP contribution in [0.25, 0.3) is 0 Å². The van der Waals surface area contributed by atoms with Crippen LogP contribution in [0.4, 0.5) is 0 Å². The fraction of sp³-hybridized carbons (Fsp3) is 0.450. The minimum atomic E-state index is -0.827. The second kappa shape index (κ2) is 9.40. The van der Waals surface area contributed by atoms with E-state index in [-0.39, 0.29) is 0 Å². The highest BCUT2D eigenvalue weighted by molar-refractivity contribution is 7.10. The number of rotatable bonds is 8. The molecule has 1 saturated heterocycles. The first-order valence-electron chi connectivity index (χ1n) is 9.03. The summed E-state index contributed by atoms with van der Waals surface area (Å²) < 4.78 is 6.00. The second-order valence-electron chi connectivity index (χ2n) is 6.61. The van der Waals surface area contributed by atoms with E-state index in [1.165, 1.54) is 30.6 Å². The number of ether oxygens (including phenoxy) is 1. The molecule has 6 heteroatoms. The molecule has 1 aromatic heterocycles. The van der Waals surface area contributed by atoms with Crippen LogP contribution < -0.4 is 4.74 Å². The molecule has 140 valence electrons. The summed E-state index contributed by atoms with van der Waals surface area (Å²) in [7, 11) is 0. The molecule has 1 aliphatic rings. The molecule has 0 bridgehead atoms. The number of piperidine rings is 1. The van der Waals surface area contributed by atoms with Gasteiger partial charge >= 0.3 is 5.97 Å². The SMILES string of the molecule is O=C(O)C(Cc1cc(Cl)ccc1OCCN1CCCCC1)c1cccs1. The van der Waals surface area contributed by atoms with Gasteiger partial charge in [-0.15, -0.1) is 11.3 Å². The molecule has 1 atom stereocenters.